The summed E-state index contributed by atoms with van der Waals surface area (Å²) in [6.45, 7) is 0. The number of halogens is 1. The van der Waals surface area contributed by atoms with Crippen molar-refractivity contribution in [2.45, 2.75) is 24.2 Å². The Labute approximate surface area is 135 Å². The van der Waals surface area contributed by atoms with Crippen LogP contribution in [0.25, 0.3) is 0 Å². The van der Waals surface area contributed by atoms with E-state index in [-0.39, 0.29) is 11.5 Å². The third-order valence-corrected chi connectivity index (χ3v) is 5.54. The Balaban J connectivity index is 1.76. The largest absolute Gasteiger partial charge is 0.293 e. The highest BCUT2D eigenvalue weighted by atomic mass is 79.9. The summed E-state index contributed by atoms with van der Waals surface area (Å²) in [6.07, 6.45) is 3.33. The first kappa shape index (κ1) is 14.7. The van der Waals surface area contributed by atoms with Crippen molar-refractivity contribution in [3.05, 3.63) is 63.6 Å². The molecule has 0 saturated heterocycles. The van der Waals surface area contributed by atoms with E-state index >= 15 is 0 Å². The van der Waals surface area contributed by atoms with E-state index in [1.165, 1.54) is 17.5 Å². The maximum Gasteiger partial charge on any atom is 0.175 e. The highest BCUT2D eigenvalue weighted by Crippen LogP contribution is 2.24. The van der Waals surface area contributed by atoms with Crippen LogP contribution in [0.3, 0.4) is 0 Å². The molecule has 1 aliphatic carbocycles. The zero-order valence-corrected chi connectivity index (χ0v) is 13.9. The summed E-state index contributed by atoms with van der Waals surface area (Å²) in [5.41, 5.74) is 3.24. The van der Waals surface area contributed by atoms with Crippen molar-refractivity contribution in [2.24, 2.45) is 0 Å². The van der Waals surface area contributed by atoms with Crippen LogP contribution in [0.15, 0.2) is 51.8 Å². The fraction of sp³-hybridized carbons (Fsp3) is 0.235. The van der Waals surface area contributed by atoms with E-state index in [1.54, 1.807) is 12.1 Å². The molecule has 0 bridgehead atoms. The van der Waals surface area contributed by atoms with Crippen LogP contribution in [0.4, 0.5) is 0 Å². The van der Waals surface area contributed by atoms with Gasteiger partial charge in [0.15, 0.2) is 5.78 Å². The molecule has 2 aromatic rings. The molecule has 0 N–H and O–H groups in total. The van der Waals surface area contributed by atoms with Crippen LogP contribution >= 0.6 is 15.9 Å². The average molecular weight is 363 g/mol. The van der Waals surface area contributed by atoms with E-state index in [0.29, 0.717) is 5.56 Å². The molecule has 0 aromatic heterocycles. The minimum Gasteiger partial charge on any atom is -0.293 e. The minimum absolute atomic E-state index is 0.0369. The van der Waals surface area contributed by atoms with Crippen molar-refractivity contribution in [1.82, 2.24) is 0 Å². The molecule has 2 aromatic carbocycles. The molecule has 1 aliphatic rings. The van der Waals surface area contributed by atoms with Crippen LogP contribution in [0, 0.1) is 0 Å². The predicted molar refractivity (Wildman–Crippen MR) is 88.2 cm³/mol. The van der Waals surface area contributed by atoms with Gasteiger partial charge < -0.3 is 0 Å². The number of ketones is 1. The first-order valence-corrected chi connectivity index (χ1v) is 9.03. The molecule has 0 radical (unpaired) electrons. The van der Waals surface area contributed by atoms with Gasteiger partial charge in [-0.25, -0.2) is 0 Å². The number of carbonyl (C=O) groups excluding carboxylic acids is 1. The second-order valence-corrected chi connectivity index (χ2v) is 7.57. The zero-order chi connectivity index (χ0) is 14.8. The van der Waals surface area contributed by atoms with Crippen molar-refractivity contribution >= 4 is 32.5 Å². The van der Waals surface area contributed by atoms with Gasteiger partial charge in [0.1, 0.15) is 0 Å². The molecule has 4 heteroatoms. The molecule has 108 valence electrons. The summed E-state index contributed by atoms with van der Waals surface area (Å²) >= 11 is 3.35. The number of rotatable bonds is 4. The monoisotopic (exact) mass is 362 g/mol. The fourth-order valence-corrected chi connectivity index (χ4v) is 4.10. The van der Waals surface area contributed by atoms with E-state index < -0.39 is 10.8 Å². The quantitative estimate of drug-likeness (QED) is 0.772. The molecule has 0 amide bonds. The van der Waals surface area contributed by atoms with Gasteiger partial charge in [0.2, 0.25) is 0 Å². The second-order valence-electron chi connectivity index (χ2n) is 5.21. The summed E-state index contributed by atoms with van der Waals surface area (Å²) in [6, 6.07) is 13.2. The maximum atomic E-state index is 12.4. The lowest BCUT2D eigenvalue weighted by Crippen LogP contribution is -2.11. The van der Waals surface area contributed by atoms with Crippen molar-refractivity contribution in [3.63, 3.8) is 0 Å². The smallest absolute Gasteiger partial charge is 0.175 e. The van der Waals surface area contributed by atoms with Gasteiger partial charge in [0.25, 0.3) is 0 Å². The van der Waals surface area contributed by atoms with E-state index in [1.807, 2.05) is 24.3 Å². The lowest BCUT2D eigenvalue weighted by molar-refractivity contribution is 0.102. The highest BCUT2D eigenvalue weighted by molar-refractivity contribution is 9.10. The van der Waals surface area contributed by atoms with E-state index in [2.05, 4.69) is 22.0 Å². The summed E-state index contributed by atoms with van der Waals surface area (Å²) in [5.74, 6) is -0.0509. The lowest BCUT2D eigenvalue weighted by Gasteiger charge is -2.05. The van der Waals surface area contributed by atoms with Gasteiger partial charge in [-0.15, -0.1) is 0 Å². The number of hydrogen-bond acceptors (Lipinski definition) is 2. The molecule has 2 nitrogen and oxygen atoms in total. The van der Waals surface area contributed by atoms with Crippen molar-refractivity contribution in [2.75, 3.05) is 5.75 Å². The summed E-state index contributed by atoms with van der Waals surface area (Å²) < 4.78 is 13.2. The third-order valence-electron chi connectivity index (χ3n) is 3.74. The molecular formula is C17H15BrO2S. The van der Waals surface area contributed by atoms with E-state index in [4.69, 9.17) is 0 Å². The van der Waals surface area contributed by atoms with Gasteiger partial charge in [-0.2, -0.15) is 0 Å². The maximum absolute atomic E-state index is 12.4. The van der Waals surface area contributed by atoms with Gasteiger partial charge in [-0.1, -0.05) is 34.1 Å². The fourth-order valence-electron chi connectivity index (χ4n) is 2.64. The van der Waals surface area contributed by atoms with Crippen LogP contribution in [-0.2, 0) is 23.6 Å². The van der Waals surface area contributed by atoms with Crippen LogP contribution in [0.2, 0.25) is 0 Å². The number of carbonyl (C=O) groups is 1. The van der Waals surface area contributed by atoms with Gasteiger partial charge in [0, 0.05) is 14.9 Å². The molecule has 21 heavy (non-hydrogen) atoms. The Morgan fingerprint density at radius 1 is 1.10 bits per heavy atom. The zero-order valence-electron chi connectivity index (χ0n) is 11.5. The summed E-state index contributed by atoms with van der Waals surface area (Å²) in [5, 5.41) is 0. The highest BCUT2D eigenvalue weighted by Gasteiger charge is 2.16. The third kappa shape index (κ3) is 3.33. The Bertz CT molecular complexity index is 724. The Kier molecular flexibility index (Phi) is 4.36. The van der Waals surface area contributed by atoms with Crippen LogP contribution in [-0.4, -0.2) is 15.7 Å². The van der Waals surface area contributed by atoms with Crippen LogP contribution < -0.4 is 0 Å². The van der Waals surface area contributed by atoms with Gasteiger partial charge in [-0.3, -0.25) is 9.00 Å². The standard InChI is InChI=1S/C17H15BrO2S/c18-15-6-2-5-14(9-15)17(19)11-21(20)16-8-7-12-3-1-4-13(12)10-16/h2,5-10H,1,3-4,11H2. The molecule has 0 fully saturated rings. The first-order chi connectivity index (χ1) is 10.1. The van der Waals surface area contributed by atoms with Crippen LogP contribution in [0.5, 0.6) is 0 Å². The SMILES string of the molecule is O=C(CS(=O)c1ccc2c(c1)CCC2)c1cccc(Br)c1. The topological polar surface area (TPSA) is 34.1 Å². The second kappa shape index (κ2) is 6.24. The molecule has 1 atom stereocenters. The minimum atomic E-state index is -1.28. The lowest BCUT2D eigenvalue weighted by atomic mass is 10.1. The molecule has 0 spiro atoms. The Morgan fingerprint density at radius 2 is 1.90 bits per heavy atom. The van der Waals surface area contributed by atoms with Crippen molar-refractivity contribution in [1.29, 1.82) is 0 Å². The van der Waals surface area contributed by atoms with Gasteiger partial charge in [-0.05, 0) is 54.7 Å². The Hall–Kier alpha value is -1.26. The number of fused-ring (bicyclic) bond motifs is 1. The first-order valence-electron chi connectivity index (χ1n) is 6.92. The summed E-state index contributed by atoms with van der Waals surface area (Å²) in [4.78, 5) is 13.0. The molecule has 0 heterocycles. The van der Waals surface area contributed by atoms with Gasteiger partial charge >= 0.3 is 0 Å². The Morgan fingerprint density at radius 3 is 2.71 bits per heavy atom. The normalized spacial score (nSPS) is 14.7. The number of aryl methyl sites for hydroxylation is 2. The molecule has 0 aliphatic heterocycles. The number of Topliss-reactive ketones (excluding diaryl/α,β-unsaturated/α-hetero) is 1. The number of benzene rings is 2. The molecule has 0 saturated carbocycles. The van der Waals surface area contributed by atoms with Crippen molar-refractivity contribution in [3.8, 4) is 0 Å². The molecule has 3 rings (SSSR count). The average Bonchev–Trinajstić information content (AvgIpc) is 2.94. The van der Waals surface area contributed by atoms with Gasteiger partial charge in [0.05, 0.1) is 16.6 Å². The van der Waals surface area contributed by atoms with Crippen molar-refractivity contribution < 1.29 is 9.00 Å². The molecule has 1 unspecified atom stereocenters. The van der Waals surface area contributed by atoms with E-state index in [0.717, 1.165) is 22.2 Å². The van der Waals surface area contributed by atoms with Crippen LogP contribution in [0.1, 0.15) is 27.9 Å². The van der Waals surface area contributed by atoms with E-state index in [9.17, 15) is 9.00 Å². The summed E-state index contributed by atoms with van der Waals surface area (Å²) in [7, 11) is -1.28. The predicted octanol–water partition coefficient (Wildman–Crippen LogP) is 3.93. The number of hydrogen-bond donors (Lipinski definition) is 0. The molecular weight excluding hydrogens is 348 g/mol.